The lowest BCUT2D eigenvalue weighted by Crippen LogP contribution is -2.51. The van der Waals surface area contributed by atoms with Crippen LogP contribution in [-0.4, -0.2) is 82.3 Å². The lowest BCUT2D eigenvalue weighted by molar-refractivity contribution is -0.384. The molecule has 0 aromatic heterocycles. The Balaban J connectivity index is 1.45. The number of ether oxygens (including phenoxy) is 1. The van der Waals surface area contributed by atoms with Crippen LogP contribution >= 0.6 is 0 Å². The molecular formula is C22H27N5O8. The Hall–Kier alpha value is -4.03. The molecular weight excluding hydrogens is 462 g/mol. The number of fused-ring (bicyclic) bond motifs is 1. The SMILES string of the molecule is CC(C)(C)OC(=O)NCC(=O)N1CCC(NC(=O)CN2C(=O)c3ccc([N+](=O)[O-])cc3C2=O)CC1. The maximum absolute atomic E-state index is 12.5. The summed E-state index contributed by atoms with van der Waals surface area (Å²) in [7, 11) is 0. The van der Waals surface area contributed by atoms with Crippen molar-refractivity contribution in [1.82, 2.24) is 20.4 Å². The standard InChI is InChI=1S/C22H27N5O8/c1-22(2,3)35-21(32)23-11-18(29)25-8-6-13(7-9-25)24-17(28)12-26-19(30)15-5-4-14(27(33)34)10-16(15)20(26)31/h4-5,10,13H,6-9,11-12H2,1-3H3,(H,23,32)(H,24,28). The highest BCUT2D eigenvalue weighted by Crippen LogP contribution is 2.26. The molecule has 13 nitrogen and oxygen atoms in total. The molecule has 1 saturated heterocycles. The Labute approximate surface area is 200 Å². The smallest absolute Gasteiger partial charge is 0.408 e. The first-order valence-corrected chi connectivity index (χ1v) is 11.0. The molecule has 0 saturated carbocycles. The first kappa shape index (κ1) is 25.6. The van der Waals surface area contributed by atoms with E-state index in [1.165, 1.54) is 6.07 Å². The van der Waals surface area contributed by atoms with Crippen molar-refractivity contribution in [2.45, 2.75) is 45.3 Å². The molecule has 35 heavy (non-hydrogen) atoms. The van der Waals surface area contributed by atoms with Crippen molar-refractivity contribution in [3.8, 4) is 0 Å². The first-order valence-electron chi connectivity index (χ1n) is 11.0. The number of carbonyl (C=O) groups excluding carboxylic acids is 5. The number of rotatable bonds is 6. The van der Waals surface area contributed by atoms with Crippen LogP contribution in [0.1, 0.15) is 54.3 Å². The number of benzene rings is 1. The number of nitrogens with one attached hydrogen (secondary N) is 2. The van der Waals surface area contributed by atoms with Gasteiger partial charge in [0.15, 0.2) is 0 Å². The number of nitro groups is 1. The summed E-state index contributed by atoms with van der Waals surface area (Å²) in [4.78, 5) is 74.1. The minimum Gasteiger partial charge on any atom is -0.444 e. The topological polar surface area (TPSA) is 168 Å². The molecule has 2 aliphatic rings. The zero-order valence-electron chi connectivity index (χ0n) is 19.7. The molecule has 1 aromatic carbocycles. The average Bonchev–Trinajstić information content (AvgIpc) is 3.01. The fraction of sp³-hybridized carbons (Fsp3) is 0.500. The molecule has 1 fully saturated rings. The minimum atomic E-state index is -0.762. The van der Waals surface area contributed by atoms with E-state index in [0.717, 1.165) is 17.0 Å². The molecule has 3 rings (SSSR count). The van der Waals surface area contributed by atoms with Gasteiger partial charge >= 0.3 is 6.09 Å². The van der Waals surface area contributed by atoms with Crippen LogP contribution in [0, 0.1) is 10.1 Å². The second-order valence-electron chi connectivity index (χ2n) is 9.26. The number of likely N-dealkylation sites (tertiary alicyclic amines) is 1. The van der Waals surface area contributed by atoms with Crippen LogP contribution in [0.4, 0.5) is 10.5 Å². The van der Waals surface area contributed by atoms with Crippen molar-refractivity contribution in [1.29, 1.82) is 0 Å². The van der Waals surface area contributed by atoms with Crippen molar-refractivity contribution >= 4 is 35.4 Å². The van der Waals surface area contributed by atoms with E-state index < -0.39 is 40.9 Å². The number of nitro benzene ring substituents is 1. The summed E-state index contributed by atoms with van der Waals surface area (Å²) in [6, 6.07) is 3.10. The first-order chi connectivity index (χ1) is 16.4. The molecule has 0 atom stereocenters. The second kappa shape index (κ2) is 10.1. The summed E-state index contributed by atoms with van der Waals surface area (Å²) in [5, 5.41) is 16.1. The number of hydrogen-bond donors (Lipinski definition) is 2. The van der Waals surface area contributed by atoms with Crippen molar-refractivity contribution in [2.75, 3.05) is 26.2 Å². The van der Waals surface area contributed by atoms with Crippen LogP contribution in [0.3, 0.4) is 0 Å². The van der Waals surface area contributed by atoms with Crippen LogP contribution in [0.25, 0.3) is 0 Å². The van der Waals surface area contributed by atoms with E-state index in [0.29, 0.717) is 25.9 Å². The predicted octanol–water partition coefficient (Wildman–Crippen LogP) is 0.823. The number of amides is 5. The molecule has 1 aromatic rings. The van der Waals surface area contributed by atoms with Crippen LogP contribution in [0.5, 0.6) is 0 Å². The summed E-state index contributed by atoms with van der Waals surface area (Å²) in [6.45, 7) is 5.14. The number of nitrogens with zero attached hydrogens (tertiary/aromatic N) is 3. The predicted molar refractivity (Wildman–Crippen MR) is 120 cm³/mol. The molecule has 188 valence electrons. The second-order valence-corrected chi connectivity index (χ2v) is 9.26. The fourth-order valence-corrected chi connectivity index (χ4v) is 3.80. The third-order valence-corrected chi connectivity index (χ3v) is 5.46. The van der Waals surface area contributed by atoms with Crippen molar-refractivity contribution in [3.63, 3.8) is 0 Å². The van der Waals surface area contributed by atoms with E-state index in [4.69, 9.17) is 4.74 Å². The molecule has 0 aliphatic carbocycles. The Kier molecular flexibility index (Phi) is 7.37. The van der Waals surface area contributed by atoms with Gasteiger partial charge in [-0.2, -0.15) is 0 Å². The highest BCUT2D eigenvalue weighted by Gasteiger charge is 2.38. The van der Waals surface area contributed by atoms with Gasteiger partial charge in [0.25, 0.3) is 17.5 Å². The zero-order chi connectivity index (χ0) is 25.9. The van der Waals surface area contributed by atoms with E-state index in [1.54, 1.807) is 25.7 Å². The van der Waals surface area contributed by atoms with Gasteiger partial charge in [0.2, 0.25) is 11.8 Å². The van der Waals surface area contributed by atoms with Gasteiger partial charge in [0.1, 0.15) is 18.7 Å². The molecule has 0 unspecified atom stereocenters. The Morgan fingerprint density at radius 2 is 1.74 bits per heavy atom. The maximum Gasteiger partial charge on any atom is 0.408 e. The van der Waals surface area contributed by atoms with E-state index in [9.17, 15) is 34.1 Å². The third kappa shape index (κ3) is 6.31. The van der Waals surface area contributed by atoms with Gasteiger partial charge in [-0.1, -0.05) is 0 Å². The van der Waals surface area contributed by atoms with Crippen molar-refractivity contribution in [2.24, 2.45) is 0 Å². The Bertz CT molecular complexity index is 1070. The van der Waals surface area contributed by atoms with Crippen LogP contribution in [0.2, 0.25) is 0 Å². The largest absolute Gasteiger partial charge is 0.444 e. The average molecular weight is 489 g/mol. The van der Waals surface area contributed by atoms with E-state index in [-0.39, 0.29) is 35.3 Å². The maximum atomic E-state index is 12.5. The number of alkyl carbamates (subject to hydrolysis) is 1. The Morgan fingerprint density at radius 3 is 2.34 bits per heavy atom. The molecule has 2 aliphatic heterocycles. The molecule has 0 spiro atoms. The van der Waals surface area contributed by atoms with Crippen LogP contribution < -0.4 is 10.6 Å². The van der Waals surface area contributed by atoms with Gasteiger partial charge in [-0.05, 0) is 39.7 Å². The lowest BCUT2D eigenvalue weighted by atomic mass is 10.0. The summed E-state index contributed by atoms with van der Waals surface area (Å²) in [5.41, 5.74) is -1.09. The summed E-state index contributed by atoms with van der Waals surface area (Å²) in [6.07, 6.45) is 0.229. The van der Waals surface area contributed by atoms with E-state index in [2.05, 4.69) is 10.6 Å². The van der Waals surface area contributed by atoms with E-state index in [1.807, 2.05) is 0 Å². The number of carbonyl (C=O) groups is 5. The number of hydrogen-bond acceptors (Lipinski definition) is 8. The molecule has 0 bridgehead atoms. The van der Waals surface area contributed by atoms with Crippen molar-refractivity contribution < 1.29 is 33.6 Å². The van der Waals surface area contributed by atoms with Crippen LogP contribution in [-0.2, 0) is 14.3 Å². The zero-order valence-corrected chi connectivity index (χ0v) is 19.7. The number of imide groups is 1. The summed E-state index contributed by atoms with van der Waals surface area (Å²) < 4.78 is 5.09. The number of non-ortho nitro benzene ring substituents is 1. The van der Waals surface area contributed by atoms with Crippen LogP contribution in [0.15, 0.2) is 18.2 Å². The van der Waals surface area contributed by atoms with Gasteiger partial charge < -0.3 is 20.3 Å². The highest BCUT2D eigenvalue weighted by molar-refractivity contribution is 6.22. The normalized spacial score (nSPS) is 16.1. The summed E-state index contributed by atoms with van der Waals surface area (Å²) in [5.74, 6) is -2.28. The van der Waals surface area contributed by atoms with E-state index >= 15 is 0 Å². The fourth-order valence-electron chi connectivity index (χ4n) is 3.80. The molecule has 13 heteroatoms. The number of piperidine rings is 1. The molecule has 2 N–H and O–H groups in total. The van der Waals surface area contributed by atoms with Gasteiger partial charge in [-0.25, -0.2) is 4.79 Å². The third-order valence-electron chi connectivity index (χ3n) is 5.46. The minimum absolute atomic E-state index is 0.0141. The lowest BCUT2D eigenvalue weighted by Gasteiger charge is -2.32. The highest BCUT2D eigenvalue weighted by atomic mass is 16.6. The van der Waals surface area contributed by atoms with Gasteiger partial charge in [-0.15, -0.1) is 0 Å². The Morgan fingerprint density at radius 1 is 1.11 bits per heavy atom. The van der Waals surface area contributed by atoms with Crippen molar-refractivity contribution in [3.05, 3.63) is 39.4 Å². The summed E-state index contributed by atoms with van der Waals surface area (Å²) >= 11 is 0. The molecule has 2 heterocycles. The quantitative estimate of drug-likeness (QED) is 0.336. The van der Waals surface area contributed by atoms with Gasteiger partial charge in [0.05, 0.1) is 16.1 Å². The molecule has 5 amide bonds. The van der Waals surface area contributed by atoms with Gasteiger partial charge in [-0.3, -0.25) is 34.2 Å². The molecule has 0 radical (unpaired) electrons. The van der Waals surface area contributed by atoms with Gasteiger partial charge in [0, 0.05) is 31.3 Å². The monoisotopic (exact) mass is 489 g/mol.